The summed E-state index contributed by atoms with van der Waals surface area (Å²) >= 11 is 0. The van der Waals surface area contributed by atoms with Gasteiger partial charge in [-0.2, -0.15) is 5.10 Å². The zero-order chi connectivity index (χ0) is 17.2. The van der Waals surface area contributed by atoms with Gasteiger partial charge >= 0.3 is 0 Å². The van der Waals surface area contributed by atoms with Crippen LogP contribution in [0.25, 0.3) is 5.82 Å². The number of anilines is 1. The van der Waals surface area contributed by atoms with Gasteiger partial charge in [0.1, 0.15) is 0 Å². The molecule has 1 N–H and O–H groups in total. The molecule has 2 heterocycles. The molecule has 0 fully saturated rings. The van der Waals surface area contributed by atoms with E-state index in [1.165, 1.54) is 18.3 Å². The molecule has 3 aromatic rings. The molecule has 3 rings (SSSR count). The van der Waals surface area contributed by atoms with E-state index in [1.807, 2.05) is 0 Å². The van der Waals surface area contributed by atoms with E-state index < -0.39 is 9.84 Å². The third-order valence-electron chi connectivity index (χ3n) is 3.29. The number of carbonyl (C=O) groups is 1. The summed E-state index contributed by atoms with van der Waals surface area (Å²) in [5.41, 5.74) is 0.890. The van der Waals surface area contributed by atoms with Crippen molar-refractivity contribution in [2.24, 2.45) is 0 Å². The second-order valence-corrected chi connectivity index (χ2v) is 7.12. The van der Waals surface area contributed by atoms with E-state index in [4.69, 9.17) is 0 Å². The lowest BCUT2D eigenvalue weighted by Crippen LogP contribution is -2.12. The maximum absolute atomic E-state index is 12.2. The highest BCUT2D eigenvalue weighted by atomic mass is 32.2. The summed E-state index contributed by atoms with van der Waals surface area (Å²) in [6, 6.07) is 11.1. The second-order valence-electron chi connectivity index (χ2n) is 5.11. The van der Waals surface area contributed by atoms with Crippen molar-refractivity contribution in [1.82, 2.24) is 14.8 Å². The van der Waals surface area contributed by atoms with Gasteiger partial charge in [0.15, 0.2) is 15.7 Å². The quantitative estimate of drug-likeness (QED) is 0.782. The van der Waals surface area contributed by atoms with Crippen molar-refractivity contribution in [2.75, 3.05) is 11.6 Å². The lowest BCUT2D eigenvalue weighted by atomic mass is 10.2. The first-order chi connectivity index (χ1) is 11.4. The Kier molecular flexibility index (Phi) is 4.13. The summed E-state index contributed by atoms with van der Waals surface area (Å²) in [5, 5.41) is 6.76. The van der Waals surface area contributed by atoms with E-state index in [9.17, 15) is 13.2 Å². The normalized spacial score (nSPS) is 11.2. The molecule has 1 aromatic carbocycles. The van der Waals surface area contributed by atoms with Crippen LogP contribution in [0.4, 0.5) is 5.69 Å². The van der Waals surface area contributed by atoms with Gasteiger partial charge in [0.2, 0.25) is 0 Å². The highest BCUT2D eigenvalue weighted by Crippen LogP contribution is 2.15. The number of carbonyl (C=O) groups excluding carboxylic acids is 1. The summed E-state index contributed by atoms with van der Waals surface area (Å²) in [4.78, 5) is 16.6. The van der Waals surface area contributed by atoms with Crippen LogP contribution in [0.5, 0.6) is 0 Å². The summed E-state index contributed by atoms with van der Waals surface area (Å²) in [6.45, 7) is 0. The van der Waals surface area contributed by atoms with E-state index >= 15 is 0 Å². The molecule has 0 bridgehead atoms. The van der Waals surface area contributed by atoms with Crippen molar-refractivity contribution in [3.63, 3.8) is 0 Å². The van der Waals surface area contributed by atoms with E-state index in [-0.39, 0.29) is 10.8 Å². The van der Waals surface area contributed by atoms with Crippen molar-refractivity contribution in [3.8, 4) is 5.82 Å². The van der Waals surface area contributed by atoms with Gasteiger partial charge in [0.05, 0.1) is 10.5 Å². The van der Waals surface area contributed by atoms with Crippen LogP contribution in [0.1, 0.15) is 10.4 Å². The molecule has 0 saturated heterocycles. The smallest absolute Gasteiger partial charge is 0.257 e. The molecular weight excluding hydrogens is 328 g/mol. The zero-order valence-corrected chi connectivity index (χ0v) is 13.6. The van der Waals surface area contributed by atoms with Crippen molar-refractivity contribution in [1.29, 1.82) is 0 Å². The predicted molar refractivity (Wildman–Crippen MR) is 88.9 cm³/mol. The van der Waals surface area contributed by atoms with Crippen LogP contribution in [0, 0.1) is 0 Å². The number of hydrogen-bond donors (Lipinski definition) is 1. The Morgan fingerprint density at radius 1 is 1.12 bits per heavy atom. The molecule has 0 radical (unpaired) electrons. The molecule has 0 saturated carbocycles. The Morgan fingerprint density at radius 3 is 2.42 bits per heavy atom. The number of hydrogen-bond acceptors (Lipinski definition) is 5. The Balaban J connectivity index is 1.73. The highest BCUT2D eigenvalue weighted by molar-refractivity contribution is 7.90. The van der Waals surface area contributed by atoms with E-state index in [0.717, 1.165) is 6.26 Å². The Labute approximate surface area is 138 Å². The molecule has 0 atom stereocenters. The Bertz CT molecular complexity index is 948. The van der Waals surface area contributed by atoms with Crippen molar-refractivity contribution in [2.45, 2.75) is 4.90 Å². The monoisotopic (exact) mass is 342 g/mol. The molecule has 0 unspecified atom stereocenters. The lowest BCUT2D eigenvalue weighted by Gasteiger charge is -2.07. The number of rotatable bonds is 4. The minimum Gasteiger partial charge on any atom is -0.322 e. The van der Waals surface area contributed by atoms with Gasteiger partial charge in [-0.1, -0.05) is 0 Å². The van der Waals surface area contributed by atoms with Gasteiger partial charge in [-0.25, -0.2) is 18.1 Å². The third kappa shape index (κ3) is 3.49. The van der Waals surface area contributed by atoms with Crippen LogP contribution in [-0.2, 0) is 9.84 Å². The number of sulfone groups is 1. The fraction of sp³-hybridized carbons (Fsp3) is 0.0625. The standard InChI is InChI=1S/C16H14N4O3S/c1-24(22,23)14-6-4-13(5-7-14)19-16(21)12-3-8-15(17-11-12)20-10-2-9-18-20/h2-11H,1H3,(H,19,21). The topological polar surface area (TPSA) is 94.0 Å². The van der Waals surface area contributed by atoms with Crippen molar-refractivity contribution < 1.29 is 13.2 Å². The fourth-order valence-electron chi connectivity index (χ4n) is 2.05. The SMILES string of the molecule is CS(=O)(=O)c1ccc(NC(=O)c2ccc(-n3cccn3)nc2)cc1. The summed E-state index contributed by atoms with van der Waals surface area (Å²) in [7, 11) is -3.26. The Morgan fingerprint density at radius 2 is 1.88 bits per heavy atom. The molecule has 8 heteroatoms. The number of amides is 1. The first kappa shape index (κ1) is 15.9. The maximum Gasteiger partial charge on any atom is 0.257 e. The molecule has 0 aliphatic heterocycles. The number of nitrogens with one attached hydrogen (secondary N) is 1. The summed E-state index contributed by atoms with van der Waals surface area (Å²) < 4.78 is 24.4. The van der Waals surface area contributed by atoms with E-state index in [1.54, 1.807) is 47.4 Å². The highest BCUT2D eigenvalue weighted by Gasteiger charge is 2.10. The van der Waals surface area contributed by atoms with Crippen LogP contribution in [-0.4, -0.2) is 35.3 Å². The van der Waals surface area contributed by atoms with Crippen LogP contribution >= 0.6 is 0 Å². The predicted octanol–water partition coefficient (Wildman–Crippen LogP) is 1.92. The molecule has 0 aliphatic carbocycles. The summed E-state index contributed by atoms with van der Waals surface area (Å²) in [6.07, 6.45) is 5.98. The van der Waals surface area contributed by atoms with Gasteiger partial charge < -0.3 is 5.32 Å². The minimum absolute atomic E-state index is 0.200. The number of benzene rings is 1. The van der Waals surface area contributed by atoms with Crippen molar-refractivity contribution in [3.05, 3.63) is 66.6 Å². The maximum atomic E-state index is 12.2. The molecule has 7 nitrogen and oxygen atoms in total. The van der Waals surface area contributed by atoms with Crippen molar-refractivity contribution >= 4 is 21.4 Å². The number of nitrogens with zero attached hydrogens (tertiary/aromatic N) is 3. The fourth-order valence-corrected chi connectivity index (χ4v) is 2.68. The van der Waals surface area contributed by atoms with Crippen LogP contribution in [0.15, 0.2) is 66.0 Å². The molecule has 2 aromatic heterocycles. The van der Waals surface area contributed by atoms with Gasteiger partial charge in [0, 0.05) is 30.5 Å². The lowest BCUT2D eigenvalue weighted by molar-refractivity contribution is 0.102. The van der Waals surface area contributed by atoms with Crippen LogP contribution in [0.3, 0.4) is 0 Å². The molecule has 0 spiro atoms. The molecule has 0 aliphatic rings. The van der Waals surface area contributed by atoms with Crippen LogP contribution in [0.2, 0.25) is 0 Å². The Hall–Kier alpha value is -3.00. The first-order valence-corrected chi connectivity index (χ1v) is 8.90. The average molecular weight is 342 g/mol. The van der Waals surface area contributed by atoms with Crippen LogP contribution < -0.4 is 5.32 Å². The molecule has 1 amide bonds. The van der Waals surface area contributed by atoms with E-state index in [2.05, 4.69) is 15.4 Å². The number of pyridine rings is 1. The van der Waals surface area contributed by atoms with Gasteiger partial charge in [-0.3, -0.25) is 4.79 Å². The molecule has 24 heavy (non-hydrogen) atoms. The molecular formula is C16H14N4O3S. The average Bonchev–Trinajstić information content (AvgIpc) is 3.09. The first-order valence-electron chi connectivity index (χ1n) is 7.01. The van der Waals surface area contributed by atoms with Gasteiger partial charge in [-0.15, -0.1) is 0 Å². The largest absolute Gasteiger partial charge is 0.322 e. The van der Waals surface area contributed by atoms with Gasteiger partial charge in [0.25, 0.3) is 5.91 Å². The zero-order valence-electron chi connectivity index (χ0n) is 12.7. The summed E-state index contributed by atoms with van der Waals surface area (Å²) in [5.74, 6) is 0.274. The van der Waals surface area contributed by atoms with E-state index in [0.29, 0.717) is 17.1 Å². The number of aromatic nitrogens is 3. The van der Waals surface area contributed by atoms with Gasteiger partial charge in [-0.05, 0) is 42.5 Å². The second kappa shape index (κ2) is 6.25. The minimum atomic E-state index is -3.26. The third-order valence-corrected chi connectivity index (χ3v) is 4.42. The molecule has 122 valence electrons.